The zero-order valence-corrected chi connectivity index (χ0v) is 17.3. The number of aliphatic carboxylic acids is 1. The maximum atomic E-state index is 11.6. The van der Waals surface area contributed by atoms with Crippen LogP contribution >= 0.6 is 0 Å². The summed E-state index contributed by atoms with van der Waals surface area (Å²) in [6.07, 6.45) is 10.1. The van der Waals surface area contributed by atoms with Gasteiger partial charge in [-0.1, -0.05) is 64.7 Å². The first-order valence-electron chi connectivity index (χ1n) is 8.63. The average Bonchev–Trinajstić information content (AvgIpc) is 2.48. The zero-order valence-electron chi connectivity index (χ0n) is 17.1. The fourth-order valence-electron chi connectivity index (χ4n) is 2.32. The van der Waals surface area contributed by atoms with Crippen LogP contribution in [0.4, 0.5) is 0 Å². The summed E-state index contributed by atoms with van der Waals surface area (Å²) >= 11 is 0. The first-order chi connectivity index (χ1) is 11.3. The number of hydrogen-bond donors (Lipinski definition) is 2. The molecule has 0 rings (SSSR count). The summed E-state index contributed by atoms with van der Waals surface area (Å²) in [6, 6.07) is 0. The van der Waals surface area contributed by atoms with Gasteiger partial charge in [0.2, 0.25) is 0 Å². The van der Waals surface area contributed by atoms with E-state index in [9.17, 15) is 18.0 Å². The van der Waals surface area contributed by atoms with E-state index >= 15 is 0 Å². The second kappa shape index (κ2) is 15.8. The van der Waals surface area contributed by atoms with E-state index in [2.05, 4.69) is 6.92 Å². The fourth-order valence-corrected chi connectivity index (χ4v) is 2.99. The number of unbranched alkanes of at least 4 members (excludes halogenated alkanes) is 9. The zero-order chi connectivity index (χ0) is 18.4. The number of hydrogen-bond acceptors (Lipinski definition) is 5. The Bertz CT molecular complexity index is 475. The van der Waals surface area contributed by atoms with Crippen LogP contribution in [0.15, 0.2) is 0 Å². The minimum absolute atomic E-state index is 0. The molecule has 1 atom stereocenters. The van der Waals surface area contributed by atoms with Crippen LogP contribution in [0, 0.1) is 0 Å². The molecular formula is C16H32MgO7S. The van der Waals surface area contributed by atoms with Gasteiger partial charge in [0.25, 0.3) is 10.1 Å². The first kappa shape index (κ1) is 26.8. The predicted octanol–water partition coefficient (Wildman–Crippen LogP) is 3.03. The van der Waals surface area contributed by atoms with Crippen LogP contribution in [-0.2, 0) is 24.4 Å². The number of ether oxygens (including phenoxy) is 1. The minimum atomic E-state index is -4.78. The predicted molar refractivity (Wildman–Crippen MR) is 98.4 cm³/mol. The first-order valence-corrected chi connectivity index (χ1v) is 10.1. The maximum absolute atomic E-state index is 11.6. The minimum Gasteiger partial charge on any atom is -1.00 e. The molecule has 0 aromatic heterocycles. The molecule has 0 aliphatic rings. The summed E-state index contributed by atoms with van der Waals surface area (Å²) in [5.41, 5.74) is 0. The second-order valence-electron chi connectivity index (χ2n) is 5.95. The number of carbonyl (C=O) groups excluding carboxylic acids is 1. The van der Waals surface area contributed by atoms with E-state index in [-0.39, 0.29) is 32.5 Å². The van der Waals surface area contributed by atoms with Gasteiger partial charge >= 0.3 is 35.0 Å². The molecule has 25 heavy (non-hydrogen) atoms. The number of rotatable bonds is 15. The quantitative estimate of drug-likeness (QED) is 0.190. The normalized spacial score (nSPS) is 12.2. The Morgan fingerprint density at radius 2 is 1.40 bits per heavy atom. The van der Waals surface area contributed by atoms with Crippen molar-refractivity contribution < 1.29 is 35.3 Å². The topological polar surface area (TPSA) is 118 Å². The molecule has 1 unspecified atom stereocenters. The molecule has 0 bridgehead atoms. The van der Waals surface area contributed by atoms with Crippen molar-refractivity contribution in [2.75, 3.05) is 6.61 Å². The van der Waals surface area contributed by atoms with Crippen LogP contribution in [0.2, 0.25) is 0 Å². The van der Waals surface area contributed by atoms with Gasteiger partial charge in [0.05, 0.1) is 13.0 Å². The molecule has 0 aromatic rings. The van der Waals surface area contributed by atoms with Crippen LogP contribution < -0.4 is 0 Å². The standard InChI is InChI=1S/C16H30O7S.Mg.2H/c1-2-3-4-5-6-7-8-9-10-11-12-23-16(19)14(13-15(17)18)24(20,21)22;;;/h14H,2-13H2,1H3,(H,17,18)(H,20,21,22);;;/q;+2;2*-1. The summed E-state index contributed by atoms with van der Waals surface area (Å²) in [5, 5.41) is 6.52. The monoisotopic (exact) mass is 392 g/mol. The number of esters is 1. The molecule has 0 spiro atoms. The van der Waals surface area contributed by atoms with Crippen molar-refractivity contribution in [2.24, 2.45) is 0 Å². The number of carbonyl (C=O) groups is 2. The molecule has 0 aliphatic heterocycles. The van der Waals surface area contributed by atoms with Crippen LogP contribution in [0.5, 0.6) is 0 Å². The third-order valence-electron chi connectivity index (χ3n) is 3.72. The molecule has 0 saturated carbocycles. The summed E-state index contributed by atoms with van der Waals surface area (Å²) in [7, 11) is -4.78. The van der Waals surface area contributed by atoms with Gasteiger partial charge in [-0.2, -0.15) is 8.42 Å². The Kier molecular flexibility index (Phi) is 17.0. The van der Waals surface area contributed by atoms with E-state index < -0.39 is 33.7 Å². The van der Waals surface area contributed by atoms with Crippen molar-refractivity contribution in [3.8, 4) is 0 Å². The summed E-state index contributed by atoms with van der Waals surface area (Å²) in [5.74, 6) is -2.70. The van der Waals surface area contributed by atoms with E-state index in [1.165, 1.54) is 38.5 Å². The summed E-state index contributed by atoms with van der Waals surface area (Å²) in [6.45, 7) is 2.22. The Morgan fingerprint density at radius 3 is 1.80 bits per heavy atom. The van der Waals surface area contributed by atoms with Gasteiger partial charge < -0.3 is 12.7 Å². The van der Waals surface area contributed by atoms with Crippen LogP contribution in [0.25, 0.3) is 0 Å². The SMILES string of the molecule is CCCCCCCCCCCCOC(=O)C(CC(=O)O)S(=O)(=O)O.[H-].[H-].[Mg+2]. The fraction of sp³-hybridized carbons (Fsp3) is 0.875. The molecule has 0 aliphatic carbocycles. The molecule has 0 fully saturated rings. The Morgan fingerprint density at radius 1 is 0.960 bits per heavy atom. The van der Waals surface area contributed by atoms with Gasteiger partial charge in [0.1, 0.15) is 0 Å². The molecule has 146 valence electrons. The smallest absolute Gasteiger partial charge is 1.00 e. The summed E-state index contributed by atoms with van der Waals surface area (Å²) in [4.78, 5) is 22.1. The van der Waals surface area contributed by atoms with Gasteiger partial charge in [0.15, 0.2) is 5.25 Å². The molecule has 0 saturated heterocycles. The van der Waals surface area contributed by atoms with Gasteiger partial charge in [-0.3, -0.25) is 14.1 Å². The Hall–Kier alpha value is -0.384. The van der Waals surface area contributed by atoms with Crippen molar-refractivity contribution in [1.82, 2.24) is 0 Å². The van der Waals surface area contributed by atoms with Crippen molar-refractivity contribution >= 4 is 45.1 Å². The van der Waals surface area contributed by atoms with Crippen molar-refractivity contribution in [3.05, 3.63) is 0 Å². The molecular weight excluding hydrogens is 361 g/mol. The molecule has 0 heterocycles. The van der Waals surface area contributed by atoms with Crippen molar-refractivity contribution in [3.63, 3.8) is 0 Å². The molecule has 0 aromatic carbocycles. The van der Waals surface area contributed by atoms with E-state index in [0.717, 1.165) is 19.3 Å². The van der Waals surface area contributed by atoms with Gasteiger partial charge in [-0.25, -0.2) is 0 Å². The third kappa shape index (κ3) is 15.6. The van der Waals surface area contributed by atoms with E-state index in [4.69, 9.17) is 14.4 Å². The van der Waals surface area contributed by atoms with Gasteiger partial charge in [-0.15, -0.1) is 0 Å². The van der Waals surface area contributed by atoms with Gasteiger partial charge in [0, 0.05) is 0 Å². The van der Waals surface area contributed by atoms with Crippen molar-refractivity contribution in [1.29, 1.82) is 0 Å². The van der Waals surface area contributed by atoms with Crippen LogP contribution in [0.3, 0.4) is 0 Å². The van der Waals surface area contributed by atoms with E-state index in [0.29, 0.717) is 6.42 Å². The molecule has 7 nitrogen and oxygen atoms in total. The Labute approximate surface area is 169 Å². The summed E-state index contributed by atoms with van der Waals surface area (Å²) < 4.78 is 35.6. The Balaban J connectivity index is -0.000000882. The number of carboxylic acid groups (broad SMARTS) is 1. The van der Waals surface area contributed by atoms with E-state index in [1.807, 2.05) is 0 Å². The average molecular weight is 393 g/mol. The maximum Gasteiger partial charge on any atom is 2.00 e. The number of carboxylic acids is 1. The van der Waals surface area contributed by atoms with Crippen LogP contribution in [0.1, 0.15) is 80.4 Å². The van der Waals surface area contributed by atoms with Gasteiger partial charge in [-0.05, 0) is 6.42 Å². The second-order valence-corrected chi connectivity index (χ2v) is 7.55. The van der Waals surface area contributed by atoms with E-state index in [1.54, 1.807) is 0 Å². The molecule has 0 radical (unpaired) electrons. The third-order valence-corrected chi connectivity index (χ3v) is 4.80. The molecule has 0 amide bonds. The van der Waals surface area contributed by atoms with Crippen molar-refractivity contribution in [2.45, 2.75) is 82.8 Å². The molecule has 9 heteroatoms. The molecule has 2 N–H and O–H groups in total. The van der Waals surface area contributed by atoms with Crippen LogP contribution in [-0.4, -0.2) is 64.9 Å². The largest absolute Gasteiger partial charge is 2.00 e.